The average Bonchev–Trinajstić information content (AvgIpc) is 2.66. The summed E-state index contributed by atoms with van der Waals surface area (Å²) in [6.45, 7) is 4.43. The molecule has 0 atom stereocenters. The van der Waals surface area contributed by atoms with Gasteiger partial charge in [-0.2, -0.15) is 5.10 Å². The zero-order chi connectivity index (χ0) is 11.4. The summed E-state index contributed by atoms with van der Waals surface area (Å²) in [7, 11) is 0. The van der Waals surface area contributed by atoms with Crippen LogP contribution >= 0.6 is 0 Å². The number of rotatable bonds is 4. The van der Waals surface area contributed by atoms with Gasteiger partial charge in [0.15, 0.2) is 0 Å². The molecule has 0 spiro atoms. The minimum Gasteiger partial charge on any atom is -0.478 e. The number of hydrogen-bond acceptors (Lipinski definition) is 5. The molecule has 0 amide bonds. The molecule has 0 radical (unpaired) electrons. The number of nitrogens with one attached hydrogen (secondary N) is 2. The van der Waals surface area contributed by atoms with E-state index in [4.69, 9.17) is 4.74 Å². The molecule has 2 aromatic heterocycles. The van der Waals surface area contributed by atoms with Crippen molar-refractivity contribution in [3.8, 4) is 5.88 Å². The molecule has 0 unspecified atom stereocenters. The number of aromatic nitrogens is 4. The maximum atomic E-state index is 5.28. The van der Waals surface area contributed by atoms with Crippen LogP contribution in [0.25, 0.3) is 0 Å². The van der Waals surface area contributed by atoms with Crippen LogP contribution in [0.15, 0.2) is 18.6 Å². The maximum Gasteiger partial charge on any atom is 0.218 e. The van der Waals surface area contributed by atoms with Crippen molar-refractivity contribution < 1.29 is 4.74 Å². The largest absolute Gasteiger partial charge is 0.478 e. The van der Waals surface area contributed by atoms with Crippen molar-refractivity contribution in [2.24, 2.45) is 0 Å². The predicted molar refractivity (Wildman–Crippen MR) is 59.8 cm³/mol. The van der Waals surface area contributed by atoms with E-state index in [0.717, 1.165) is 11.4 Å². The summed E-state index contributed by atoms with van der Waals surface area (Å²) in [5, 5.41) is 9.88. The molecule has 0 fully saturated rings. The van der Waals surface area contributed by atoms with Crippen LogP contribution in [0.1, 0.15) is 12.6 Å². The lowest BCUT2D eigenvalue weighted by Crippen LogP contribution is -1.98. The van der Waals surface area contributed by atoms with E-state index in [-0.39, 0.29) is 0 Å². The normalized spacial score (nSPS) is 10.1. The maximum absolute atomic E-state index is 5.28. The van der Waals surface area contributed by atoms with Crippen LogP contribution in [0.4, 0.5) is 11.5 Å². The topological polar surface area (TPSA) is 75.7 Å². The van der Waals surface area contributed by atoms with E-state index >= 15 is 0 Å². The molecule has 2 aromatic rings. The van der Waals surface area contributed by atoms with Crippen molar-refractivity contribution in [2.45, 2.75) is 13.8 Å². The van der Waals surface area contributed by atoms with Gasteiger partial charge in [-0.15, -0.1) is 0 Å². The zero-order valence-electron chi connectivity index (χ0n) is 9.19. The number of anilines is 2. The smallest absolute Gasteiger partial charge is 0.218 e. The van der Waals surface area contributed by atoms with Crippen molar-refractivity contribution in [2.75, 3.05) is 11.9 Å². The van der Waals surface area contributed by atoms with E-state index in [2.05, 4.69) is 25.5 Å². The van der Waals surface area contributed by atoms with Gasteiger partial charge in [0.2, 0.25) is 5.88 Å². The second-order valence-corrected chi connectivity index (χ2v) is 3.21. The summed E-state index contributed by atoms with van der Waals surface area (Å²) in [4.78, 5) is 8.08. The fourth-order valence-corrected chi connectivity index (χ4v) is 1.25. The zero-order valence-corrected chi connectivity index (χ0v) is 9.19. The van der Waals surface area contributed by atoms with Crippen molar-refractivity contribution in [1.29, 1.82) is 0 Å². The first-order valence-corrected chi connectivity index (χ1v) is 5.01. The van der Waals surface area contributed by atoms with Crippen molar-refractivity contribution in [3.63, 3.8) is 0 Å². The Kier molecular flexibility index (Phi) is 3.00. The molecule has 0 aliphatic heterocycles. The standard InChI is InChI=1S/C10H13N5O/c1-3-16-10-4-9(11-6-12-10)14-8-5-13-15-7(8)2/h4-6H,3H2,1-2H3,(H,13,15)(H,11,12,14). The Bertz CT molecular complexity index is 468. The Labute approximate surface area is 93.1 Å². The monoisotopic (exact) mass is 219 g/mol. The molecular weight excluding hydrogens is 206 g/mol. The Morgan fingerprint density at radius 1 is 1.44 bits per heavy atom. The fraction of sp³-hybridized carbons (Fsp3) is 0.300. The number of ether oxygens (including phenoxy) is 1. The van der Waals surface area contributed by atoms with Gasteiger partial charge in [0.1, 0.15) is 12.1 Å². The number of H-pyrrole nitrogens is 1. The summed E-state index contributed by atoms with van der Waals surface area (Å²) < 4.78 is 5.28. The van der Waals surface area contributed by atoms with Gasteiger partial charge < -0.3 is 10.1 Å². The summed E-state index contributed by atoms with van der Waals surface area (Å²) >= 11 is 0. The minimum atomic E-state index is 0.557. The van der Waals surface area contributed by atoms with E-state index in [1.165, 1.54) is 6.33 Å². The predicted octanol–water partition coefficient (Wildman–Crippen LogP) is 1.65. The molecule has 0 aliphatic rings. The molecule has 0 bridgehead atoms. The van der Waals surface area contributed by atoms with Crippen LogP contribution in [0.3, 0.4) is 0 Å². The molecule has 0 aromatic carbocycles. The lowest BCUT2D eigenvalue weighted by molar-refractivity contribution is 0.326. The van der Waals surface area contributed by atoms with Gasteiger partial charge >= 0.3 is 0 Å². The molecule has 0 aliphatic carbocycles. The van der Waals surface area contributed by atoms with Crippen molar-refractivity contribution in [1.82, 2.24) is 20.2 Å². The van der Waals surface area contributed by atoms with E-state index in [1.54, 1.807) is 12.3 Å². The van der Waals surface area contributed by atoms with Gasteiger partial charge in [0.25, 0.3) is 0 Å². The molecular formula is C10H13N5O. The number of hydrogen-bond donors (Lipinski definition) is 2. The Morgan fingerprint density at radius 2 is 2.31 bits per heavy atom. The summed E-state index contributed by atoms with van der Waals surface area (Å²) in [5.74, 6) is 1.24. The lowest BCUT2D eigenvalue weighted by Gasteiger charge is -2.05. The van der Waals surface area contributed by atoms with E-state index in [0.29, 0.717) is 18.3 Å². The van der Waals surface area contributed by atoms with Crippen molar-refractivity contribution in [3.05, 3.63) is 24.3 Å². The molecule has 0 saturated carbocycles. The fourth-order valence-electron chi connectivity index (χ4n) is 1.25. The number of aryl methyl sites for hydroxylation is 1. The van der Waals surface area contributed by atoms with Gasteiger partial charge in [0.05, 0.1) is 24.2 Å². The summed E-state index contributed by atoms with van der Waals surface area (Å²) in [5.41, 5.74) is 1.85. The highest BCUT2D eigenvalue weighted by Gasteiger charge is 2.03. The van der Waals surface area contributed by atoms with Crippen LogP contribution < -0.4 is 10.1 Å². The molecule has 6 heteroatoms. The minimum absolute atomic E-state index is 0.557. The van der Waals surface area contributed by atoms with Crippen LogP contribution in [-0.4, -0.2) is 26.8 Å². The lowest BCUT2D eigenvalue weighted by atomic mass is 10.4. The molecule has 2 N–H and O–H groups in total. The third-order valence-electron chi connectivity index (χ3n) is 2.03. The first kappa shape index (κ1) is 10.4. The van der Waals surface area contributed by atoms with Crippen LogP contribution in [0.2, 0.25) is 0 Å². The molecule has 2 rings (SSSR count). The van der Waals surface area contributed by atoms with Gasteiger partial charge in [-0.05, 0) is 13.8 Å². The first-order chi connectivity index (χ1) is 7.79. The quantitative estimate of drug-likeness (QED) is 0.817. The number of aromatic amines is 1. The van der Waals surface area contributed by atoms with E-state index in [9.17, 15) is 0 Å². The molecule has 84 valence electrons. The van der Waals surface area contributed by atoms with E-state index in [1.807, 2.05) is 13.8 Å². The third-order valence-corrected chi connectivity index (χ3v) is 2.03. The Morgan fingerprint density at radius 3 is 3.00 bits per heavy atom. The third kappa shape index (κ3) is 2.28. The van der Waals surface area contributed by atoms with Crippen LogP contribution in [-0.2, 0) is 0 Å². The highest BCUT2D eigenvalue weighted by atomic mass is 16.5. The Balaban J connectivity index is 2.15. The summed E-state index contributed by atoms with van der Waals surface area (Å²) in [6, 6.07) is 1.75. The van der Waals surface area contributed by atoms with Crippen molar-refractivity contribution >= 4 is 11.5 Å². The highest BCUT2D eigenvalue weighted by molar-refractivity contribution is 5.57. The summed E-state index contributed by atoms with van der Waals surface area (Å²) in [6.07, 6.45) is 3.17. The van der Waals surface area contributed by atoms with Crippen LogP contribution in [0, 0.1) is 6.92 Å². The average molecular weight is 219 g/mol. The SMILES string of the molecule is CCOc1cc(Nc2cn[nH]c2C)ncn1. The van der Waals surface area contributed by atoms with E-state index < -0.39 is 0 Å². The molecule has 6 nitrogen and oxygen atoms in total. The Hall–Kier alpha value is -2.11. The number of nitrogens with zero attached hydrogens (tertiary/aromatic N) is 3. The van der Waals surface area contributed by atoms with Gasteiger partial charge in [-0.25, -0.2) is 9.97 Å². The van der Waals surface area contributed by atoms with Gasteiger partial charge in [-0.1, -0.05) is 0 Å². The van der Waals surface area contributed by atoms with Gasteiger partial charge in [-0.3, -0.25) is 5.10 Å². The molecule has 16 heavy (non-hydrogen) atoms. The highest BCUT2D eigenvalue weighted by Crippen LogP contribution is 2.18. The van der Waals surface area contributed by atoms with Crippen LogP contribution in [0.5, 0.6) is 5.88 Å². The second kappa shape index (κ2) is 4.61. The van der Waals surface area contributed by atoms with Gasteiger partial charge in [0, 0.05) is 6.07 Å². The molecule has 0 saturated heterocycles. The molecule has 2 heterocycles. The first-order valence-electron chi connectivity index (χ1n) is 5.01. The second-order valence-electron chi connectivity index (χ2n) is 3.21.